The Morgan fingerprint density at radius 2 is 1.57 bits per heavy atom. The van der Waals surface area contributed by atoms with Gasteiger partial charge in [-0.25, -0.2) is 0 Å². The third-order valence-electron chi connectivity index (χ3n) is 11.5. The maximum absolute atomic E-state index is 13.1. The van der Waals surface area contributed by atoms with Crippen molar-refractivity contribution in [2.24, 2.45) is 0 Å². The Hall–Kier alpha value is -5.03. The fourth-order valence-corrected chi connectivity index (χ4v) is 9.45. The first kappa shape index (κ1) is 37.9. The summed E-state index contributed by atoms with van der Waals surface area (Å²) in [6.07, 6.45) is 7.36. The zero-order chi connectivity index (χ0) is 38.6. The number of hydrogen-bond donors (Lipinski definition) is 2. The molecule has 290 valence electrons. The summed E-state index contributed by atoms with van der Waals surface area (Å²) in [5.41, 5.74) is 6.51. The van der Waals surface area contributed by atoms with E-state index in [0.29, 0.717) is 18.5 Å². The van der Waals surface area contributed by atoms with E-state index in [1.165, 1.54) is 36.0 Å². The number of aryl methyl sites for hydroxylation is 2. The summed E-state index contributed by atoms with van der Waals surface area (Å²) < 4.78 is 7.54. The van der Waals surface area contributed by atoms with Crippen LogP contribution in [0.15, 0.2) is 84.9 Å². The van der Waals surface area contributed by atoms with E-state index in [1.54, 1.807) is 22.3 Å². The fraction of sp³-hybridized carbons (Fsp3) is 0.370. The number of rotatable bonds is 13. The summed E-state index contributed by atoms with van der Waals surface area (Å²) in [6, 6.07) is 28.0. The van der Waals surface area contributed by atoms with Gasteiger partial charge in [-0.05, 0) is 124 Å². The molecule has 10 heteroatoms. The molecule has 4 aromatic carbocycles. The Bertz CT molecular complexity index is 2220. The minimum Gasteiger partial charge on any atom is -0.508 e. The highest BCUT2D eigenvalue weighted by Gasteiger charge is 2.39. The van der Waals surface area contributed by atoms with Crippen LogP contribution in [0.1, 0.15) is 71.1 Å². The van der Waals surface area contributed by atoms with Crippen molar-refractivity contribution in [1.29, 1.82) is 0 Å². The molecule has 0 spiro atoms. The van der Waals surface area contributed by atoms with Crippen LogP contribution in [0.2, 0.25) is 0 Å². The number of ether oxygens (including phenoxy) is 1. The van der Waals surface area contributed by atoms with Crippen LogP contribution in [0.4, 0.5) is 0 Å². The smallest absolute Gasteiger partial charge is 0.255 e. The number of unbranched alkanes of at least 4 members (excludes halogenated alkanes) is 2. The van der Waals surface area contributed by atoms with Gasteiger partial charge in [-0.1, -0.05) is 60.5 Å². The fourth-order valence-electron chi connectivity index (χ4n) is 8.28. The number of phenolic OH excluding ortho intramolecular Hbond substituents is 1. The predicted octanol–water partition coefficient (Wildman–Crippen LogP) is 8.10. The number of aromatic hydroxyl groups is 1. The number of benzene rings is 4. The summed E-state index contributed by atoms with van der Waals surface area (Å²) in [5.74, 6) is 1.15. The number of carbonyl (C=O) groups is 3. The SMILES string of the molecule is Cc1ccc(-c2sc3cc(O)ccc3c2Oc2ccc(CCCCCN3CCCN(CCc4ccc5c(c4)CN(C4CCC(=O)NC4=O)C5=O)CC3)cc2)cc1. The zero-order valence-corrected chi connectivity index (χ0v) is 32.9. The van der Waals surface area contributed by atoms with Gasteiger partial charge in [-0.2, -0.15) is 0 Å². The molecular weight excluding hydrogens is 721 g/mol. The van der Waals surface area contributed by atoms with Crippen LogP contribution in [0.5, 0.6) is 17.2 Å². The average molecular weight is 771 g/mol. The first-order valence-electron chi connectivity index (χ1n) is 20.1. The van der Waals surface area contributed by atoms with Crippen molar-refractivity contribution >= 4 is 39.1 Å². The maximum atomic E-state index is 13.1. The molecule has 0 saturated carbocycles. The van der Waals surface area contributed by atoms with Gasteiger partial charge in [0.15, 0.2) is 5.75 Å². The third-order valence-corrected chi connectivity index (χ3v) is 12.7. The molecule has 8 rings (SSSR count). The van der Waals surface area contributed by atoms with Crippen molar-refractivity contribution in [1.82, 2.24) is 20.0 Å². The van der Waals surface area contributed by atoms with E-state index in [-0.39, 0.29) is 29.9 Å². The lowest BCUT2D eigenvalue weighted by atomic mass is 10.0. The van der Waals surface area contributed by atoms with Crippen LogP contribution < -0.4 is 10.1 Å². The maximum Gasteiger partial charge on any atom is 0.255 e. The molecule has 4 heterocycles. The molecule has 1 unspecified atom stereocenters. The van der Waals surface area contributed by atoms with Crippen LogP contribution in [-0.2, 0) is 29.0 Å². The van der Waals surface area contributed by atoms with E-state index in [0.717, 1.165) is 96.1 Å². The molecule has 1 atom stereocenters. The number of hydrogen-bond acceptors (Lipinski definition) is 8. The monoisotopic (exact) mass is 770 g/mol. The van der Waals surface area contributed by atoms with Gasteiger partial charge in [0.2, 0.25) is 11.8 Å². The Labute approximate surface area is 332 Å². The molecular formula is C46H50N4O5S. The van der Waals surface area contributed by atoms with Gasteiger partial charge < -0.3 is 24.5 Å². The molecule has 56 heavy (non-hydrogen) atoms. The molecule has 3 aliphatic rings. The molecule has 1 aromatic heterocycles. The van der Waals surface area contributed by atoms with Crippen LogP contribution in [0.25, 0.3) is 20.5 Å². The van der Waals surface area contributed by atoms with Gasteiger partial charge in [0.1, 0.15) is 17.5 Å². The minimum absolute atomic E-state index is 0.117. The second-order valence-corrected chi connectivity index (χ2v) is 16.6. The van der Waals surface area contributed by atoms with Crippen LogP contribution in [0, 0.1) is 6.92 Å². The van der Waals surface area contributed by atoms with E-state index in [1.807, 2.05) is 18.2 Å². The number of thiophene rings is 1. The normalized spacial score (nSPS) is 18.0. The molecule has 3 amide bonds. The van der Waals surface area contributed by atoms with E-state index in [9.17, 15) is 19.5 Å². The minimum atomic E-state index is -0.577. The second-order valence-electron chi connectivity index (χ2n) is 15.5. The topological polar surface area (TPSA) is 102 Å². The summed E-state index contributed by atoms with van der Waals surface area (Å²) in [4.78, 5) is 44.9. The van der Waals surface area contributed by atoms with Crippen molar-refractivity contribution in [3.63, 3.8) is 0 Å². The molecule has 2 saturated heterocycles. The Kier molecular flexibility index (Phi) is 11.5. The summed E-state index contributed by atoms with van der Waals surface area (Å²) >= 11 is 1.64. The summed E-state index contributed by atoms with van der Waals surface area (Å²) in [5, 5.41) is 13.5. The molecule has 2 N–H and O–H groups in total. The molecule has 0 bridgehead atoms. The molecule has 3 aliphatic heterocycles. The Balaban J connectivity index is 0.760. The molecule has 2 fully saturated rings. The number of amides is 3. The lowest BCUT2D eigenvalue weighted by molar-refractivity contribution is -0.136. The van der Waals surface area contributed by atoms with Crippen molar-refractivity contribution < 1.29 is 24.2 Å². The van der Waals surface area contributed by atoms with E-state index in [2.05, 4.69) is 82.7 Å². The average Bonchev–Trinajstić information content (AvgIpc) is 3.60. The van der Waals surface area contributed by atoms with Crippen molar-refractivity contribution in [2.75, 3.05) is 39.3 Å². The van der Waals surface area contributed by atoms with Crippen LogP contribution >= 0.6 is 11.3 Å². The van der Waals surface area contributed by atoms with Crippen LogP contribution in [0.3, 0.4) is 0 Å². The number of fused-ring (bicyclic) bond motifs is 2. The summed E-state index contributed by atoms with van der Waals surface area (Å²) in [7, 11) is 0. The lowest BCUT2D eigenvalue weighted by Crippen LogP contribution is -2.52. The van der Waals surface area contributed by atoms with Gasteiger partial charge in [0.05, 0.1) is 4.88 Å². The molecule has 0 radical (unpaired) electrons. The van der Waals surface area contributed by atoms with Gasteiger partial charge in [-0.3, -0.25) is 19.7 Å². The van der Waals surface area contributed by atoms with Crippen molar-refractivity contribution in [3.8, 4) is 27.7 Å². The van der Waals surface area contributed by atoms with Gasteiger partial charge >= 0.3 is 0 Å². The number of nitrogens with zero attached hydrogens (tertiary/aromatic N) is 3. The number of phenols is 1. The standard InChI is InChI=1S/C46H50N4O5S/c1-31-7-12-34(13-8-31)44-43(39-18-14-36(51)29-41(39)56-44)55-37-15-9-32(10-16-37)6-3-2-4-22-48-23-5-24-49(27-26-48)25-21-33-11-17-38-35(28-33)30-50(46(38)54)40-19-20-42(52)47-45(40)53/h7-18,28-29,40,51H,2-6,19-27,30H2,1H3,(H,47,52,53). The molecule has 5 aromatic rings. The zero-order valence-electron chi connectivity index (χ0n) is 32.1. The highest BCUT2D eigenvalue weighted by Crippen LogP contribution is 2.47. The number of imide groups is 1. The van der Waals surface area contributed by atoms with Gasteiger partial charge in [-0.15, -0.1) is 11.3 Å². The van der Waals surface area contributed by atoms with Gasteiger partial charge in [0.25, 0.3) is 5.91 Å². The number of piperidine rings is 1. The van der Waals surface area contributed by atoms with E-state index >= 15 is 0 Å². The predicted molar refractivity (Wildman–Crippen MR) is 221 cm³/mol. The Morgan fingerprint density at radius 1 is 0.804 bits per heavy atom. The van der Waals surface area contributed by atoms with Gasteiger partial charge in [0, 0.05) is 48.2 Å². The first-order chi connectivity index (χ1) is 27.3. The van der Waals surface area contributed by atoms with Crippen molar-refractivity contribution in [2.45, 2.75) is 70.9 Å². The van der Waals surface area contributed by atoms with E-state index < -0.39 is 6.04 Å². The molecule has 9 nitrogen and oxygen atoms in total. The van der Waals surface area contributed by atoms with Crippen LogP contribution in [-0.4, -0.2) is 82.8 Å². The van der Waals surface area contributed by atoms with E-state index in [4.69, 9.17) is 4.74 Å². The summed E-state index contributed by atoms with van der Waals surface area (Å²) in [6.45, 7) is 9.04. The second kappa shape index (κ2) is 17.0. The lowest BCUT2D eigenvalue weighted by Gasteiger charge is -2.29. The highest BCUT2D eigenvalue weighted by atomic mass is 32.1. The highest BCUT2D eigenvalue weighted by molar-refractivity contribution is 7.22. The quantitative estimate of drug-likeness (QED) is 0.0922. The third kappa shape index (κ3) is 8.68. The molecule has 0 aliphatic carbocycles. The largest absolute Gasteiger partial charge is 0.508 e. The Morgan fingerprint density at radius 3 is 2.36 bits per heavy atom. The number of carbonyl (C=O) groups excluding carboxylic acids is 3. The number of nitrogens with one attached hydrogen (secondary N) is 1. The van der Waals surface area contributed by atoms with Crippen molar-refractivity contribution in [3.05, 3.63) is 113 Å². The first-order valence-corrected chi connectivity index (χ1v) is 20.9.